The van der Waals surface area contributed by atoms with Crippen LogP contribution in [0.25, 0.3) is 0 Å². The van der Waals surface area contributed by atoms with Gasteiger partial charge in [0.2, 0.25) is 0 Å². The lowest BCUT2D eigenvalue weighted by molar-refractivity contribution is -0.166. The Morgan fingerprint density at radius 3 is 2.89 bits per heavy atom. The summed E-state index contributed by atoms with van der Waals surface area (Å²) in [7, 11) is 0. The zero-order chi connectivity index (χ0) is 20.1. The maximum atomic E-state index is 17.1. The molecular formula is C22H28FNO4. The van der Waals surface area contributed by atoms with Crippen molar-refractivity contribution in [3.63, 3.8) is 0 Å². The van der Waals surface area contributed by atoms with Gasteiger partial charge in [-0.15, -0.1) is 0 Å². The highest BCUT2D eigenvalue weighted by Gasteiger charge is 2.87. The molecule has 3 saturated carbocycles. The third kappa shape index (κ3) is 1.79. The van der Waals surface area contributed by atoms with Crippen molar-refractivity contribution in [2.75, 3.05) is 6.54 Å². The molecule has 5 nitrogen and oxygen atoms in total. The van der Waals surface area contributed by atoms with Gasteiger partial charge in [0.1, 0.15) is 5.60 Å². The van der Waals surface area contributed by atoms with Crippen molar-refractivity contribution in [3.8, 4) is 0 Å². The standard InChI is InChI=1S/C22H28FNO4/c1-12-8-16-15-5-3-4-13-9-14(25)6-7-19(13,2)21(15,23)17(26)10-20(16)22(12,28-20)18(27)11-24/h6-7,9,12,15-17,26H,3-5,8,10-11,24H2,1-2H3/t12-,15-,16+,17+,19+,20-,21+,22+/m1/s1. The molecule has 5 rings (SSSR count). The first kappa shape index (κ1) is 18.6. The second-order valence-electron chi connectivity index (χ2n) is 9.69. The van der Waals surface area contributed by atoms with Gasteiger partial charge < -0.3 is 15.6 Å². The van der Waals surface area contributed by atoms with Crippen LogP contribution in [0, 0.1) is 23.2 Å². The maximum absolute atomic E-state index is 17.1. The molecule has 0 unspecified atom stereocenters. The average Bonchev–Trinajstić information content (AvgIpc) is 3.29. The van der Waals surface area contributed by atoms with Crippen molar-refractivity contribution in [2.45, 2.75) is 68.9 Å². The minimum absolute atomic E-state index is 0.0438. The van der Waals surface area contributed by atoms with Crippen LogP contribution in [-0.4, -0.2) is 46.2 Å². The second kappa shape index (κ2) is 5.41. The van der Waals surface area contributed by atoms with E-state index in [0.717, 1.165) is 12.0 Å². The molecule has 28 heavy (non-hydrogen) atoms. The lowest BCUT2D eigenvalue weighted by Gasteiger charge is -2.55. The predicted molar refractivity (Wildman–Crippen MR) is 100 cm³/mol. The number of aliphatic hydroxyl groups excluding tert-OH is 1. The molecule has 0 aromatic rings. The Labute approximate surface area is 164 Å². The summed E-state index contributed by atoms with van der Waals surface area (Å²) in [6, 6.07) is 0. The zero-order valence-electron chi connectivity index (χ0n) is 16.4. The lowest BCUT2D eigenvalue weighted by Crippen LogP contribution is -2.64. The van der Waals surface area contributed by atoms with Gasteiger partial charge in [0.05, 0.1) is 12.6 Å². The number of aliphatic hydroxyl groups is 1. The van der Waals surface area contributed by atoms with Gasteiger partial charge in [-0.3, -0.25) is 9.59 Å². The van der Waals surface area contributed by atoms with Crippen LogP contribution in [0.4, 0.5) is 4.39 Å². The van der Waals surface area contributed by atoms with Gasteiger partial charge in [-0.2, -0.15) is 0 Å². The topological polar surface area (TPSA) is 92.9 Å². The van der Waals surface area contributed by atoms with E-state index >= 15 is 4.39 Å². The Morgan fingerprint density at radius 2 is 2.18 bits per heavy atom. The molecule has 1 spiro atoms. The van der Waals surface area contributed by atoms with Crippen molar-refractivity contribution in [3.05, 3.63) is 23.8 Å². The van der Waals surface area contributed by atoms with Crippen LogP contribution in [0.3, 0.4) is 0 Å². The summed E-state index contributed by atoms with van der Waals surface area (Å²) in [6.45, 7) is 3.69. The van der Waals surface area contributed by atoms with Gasteiger partial charge in [0, 0.05) is 17.8 Å². The van der Waals surface area contributed by atoms with Crippen LogP contribution in [0.1, 0.15) is 46.0 Å². The van der Waals surface area contributed by atoms with Crippen LogP contribution >= 0.6 is 0 Å². The molecule has 1 heterocycles. The summed E-state index contributed by atoms with van der Waals surface area (Å²) in [5, 5.41) is 11.2. The highest BCUT2D eigenvalue weighted by molar-refractivity contribution is 6.01. The summed E-state index contributed by atoms with van der Waals surface area (Å²) in [6.07, 6.45) is 6.18. The highest BCUT2D eigenvalue weighted by Crippen LogP contribution is 2.75. The number of ether oxygens (including phenoxy) is 1. The molecule has 5 aliphatic rings. The van der Waals surface area contributed by atoms with Gasteiger partial charge in [0.25, 0.3) is 0 Å². The van der Waals surface area contributed by atoms with Gasteiger partial charge >= 0.3 is 0 Å². The quantitative estimate of drug-likeness (QED) is 0.705. The number of epoxide rings is 1. The molecule has 8 atom stereocenters. The van der Waals surface area contributed by atoms with Crippen LogP contribution in [0.5, 0.6) is 0 Å². The number of Topliss-reactive ketones (excluding diaryl/α,β-unsaturated/α-hetero) is 1. The van der Waals surface area contributed by atoms with Crippen LogP contribution in [0.2, 0.25) is 0 Å². The largest absolute Gasteiger partial charge is 0.390 e. The van der Waals surface area contributed by atoms with E-state index in [-0.39, 0.29) is 36.4 Å². The molecule has 4 aliphatic carbocycles. The zero-order valence-corrected chi connectivity index (χ0v) is 16.4. The second-order valence-corrected chi connectivity index (χ2v) is 9.69. The van der Waals surface area contributed by atoms with E-state index in [2.05, 4.69) is 0 Å². The van der Waals surface area contributed by atoms with Gasteiger partial charge in [-0.25, -0.2) is 4.39 Å². The third-order valence-electron chi connectivity index (χ3n) is 8.76. The van der Waals surface area contributed by atoms with Crippen molar-refractivity contribution in [1.82, 2.24) is 0 Å². The van der Waals surface area contributed by atoms with Crippen LogP contribution in [-0.2, 0) is 14.3 Å². The Morgan fingerprint density at radius 1 is 1.43 bits per heavy atom. The molecule has 0 aromatic carbocycles. The number of hydrogen-bond donors (Lipinski definition) is 2. The lowest BCUT2D eigenvalue weighted by atomic mass is 9.52. The van der Waals surface area contributed by atoms with Crippen molar-refractivity contribution in [2.24, 2.45) is 28.9 Å². The molecule has 6 heteroatoms. The number of alkyl halides is 1. The molecule has 0 aromatic heterocycles. The first-order chi connectivity index (χ1) is 13.2. The summed E-state index contributed by atoms with van der Waals surface area (Å²) < 4.78 is 23.2. The fourth-order valence-electron chi connectivity index (χ4n) is 7.48. The SMILES string of the molecule is C[C@@H]1C[C@H]2[C@H]3CCCC4=CC(=O)C=C[C@]4(C)[C@@]3(F)[C@@H](O)C[C@@]23O[C@]13C(=O)CN. The van der Waals surface area contributed by atoms with Crippen LogP contribution in [0.15, 0.2) is 23.8 Å². The van der Waals surface area contributed by atoms with Crippen molar-refractivity contribution < 1.29 is 23.8 Å². The first-order valence-electron chi connectivity index (χ1n) is 10.4. The normalized spacial score (nSPS) is 54.0. The van der Waals surface area contributed by atoms with E-state index in [0.29, 0.717) is 19.3 Å². The van der Waals surface area contributed by atoms with E-state index in [1.165, 1.54) is 6.08 Å². The highest BCUT2D eigenvalue weighted by atomic mass is 19.1. The summed E-state index contributed by atoms with van der Waals surface area (Å²) >= 11 is 0. The van der Waals surface area contributed by atoms with Gasteiger partial charge in [0.15, 0.2) is 22.8 Å². The Bertz CT molecular complexity index is 838. The monoisotopic (exact) mass is 389 g/mol. The predicted octanol–water partition coefficient (Wildman–Crippen LogP) is 2.02. The van der Waals surface area contributed by atoms with E-state index in [4.69, 9.17) is 10.5 Å². The number of allylic oxidation sites excluding steroid dienone is 4. The van der Waals surface area contributed by atoms with E-state index < -0.39 is 34.3 Å². The molecule has 4 fully saturated rings. The third-order valence-corrected chi connectivity index (χ3v) is 8.76. The molecule has 0 amide bonds. The van der Waals surface area contributed by atoms with E-state index in [1.54, 1.807) is 12.2 Å². The minimum Gasteiger partial charge on any atom is -0.390 e. The number of hydrogen-bond acceptors (Lipinski definition) is 5. The number of nitrogens with two attached hydrogens (primary N) is 1. The number of ketones is 2. The first-order valence-corrected chi connectivity index (χ1v) is 10.4. The Balaban J connectivity index is 1.63. The summed E-state index contributed by atoms with van der Waals surface area (Å²) in [5.41, 5.74) is 1.77. The van der Waals surface area contributed by atoms with E-state index in [9.17, 15) is 14.7 Å². The van der Waals surface area contributed by atoms with Crippen molar-refractivity contribution >= 4 is 11.6 Å². The summed E-state index contributed by atoms with van der Waals surface area (Å²) in [5.74, 6) is -0.859. The van der Waals surface area contributed by atoms with E-state index in [1.807, 2.05) is 13.8 Å². The Hall–Kier alpha value is -1.37. The number of halogens is 1. The Kier molecular flexibility index (Phi) is 3.60. The summed E-state index contributed by atoms with van der Waals surface area (Å²) in [4.78, 5) is 24.6. The molecule has 3 N–H and O–H groups in total. The fourth-order valence-corrected chi connectivity index (χ4v) is 7.48. The van der Waals surface area contributed by atoms with Gasteiger partial charge in [-0.1, -0.05) is 18.6 Å². The fraction of sp³-hybridized carbons (Fsp3) is 0.727. The molecule has 0 bridgehead atoms. The average molecular weight is 389 g/mol. The number of carbonyl (C=O) groups is 2. The van der Waals surface area contributed by atoms with Crippen LogP contribution < -0.4 is 5.73 Å². The minimum atomic E-state index is -1.89. The number of carbonyl (C=O) groups excluding carboxylic acids is 2. The number of fused-ring (bicyclic) bond motifs is 4. The number of rotatable bonds is 2. The smallest absolute Gasteiger partial charge is 0.181 e. The van der Waals surface area contributed by atoms with Gasteiger partial charge in [-0.05, 0) is 56.6 Å². The molecule has 1 aliphatic heterocycles. The van der Waals surface area contributed by atoms with Crippen molar-refractivity contribution in [1.29, 1.82) is 0 Å². The maximum Gasteiger partial charge on any atom is 0.181 e. The molecular weight excluding hydrogens is 361 g/mol. The molecule has 0 radical (unpaired) electrons. The molecule has 1 saturated heterocycles. The molecule has 152 valence electrons.